The van der Waals surface area contributed by atoms with Gasteiger partial charge in [0.05, 0.1) is 7.11 Å². The molecule has 3 atom stereocenters. The lowest BCUT2D eigenvalue weighted by molar-refractivity contribution is 0.00290. The molecule has 1 saturated heterocycles. The molecule has 5 rings (SSSR count). The Labute approximate surface area is 157 Å². The van der Waals surface area contributed by atoms with Gasteiger partial charge in [-0.1, -0.05) is 43.2 Å². The number of benzene rings is 2. The fraction of sp³-hybridized carbons (Fsp3) is 0.500. The molecule has 2 aromatic rings. The van der Waals surface area contributed by atoms with Gasteiger partial charge in [-0.05, 0) is 79.6 Å². The average molecular weight is 348 g/mol. The monoisotopic (exact) mass is 347 g/mol. The number of ether oxygens (including phenoxy) is 1. The minimum atomic E-state index is 0.436. The predicted molar refractivity (Wildman–Crippen MR) is 107 cm³/mol. The molecule has 2 aromatic carbocycles. The Balaban J connectivity index is 1.61. The van der Waals surface area contributed by atoms with Crippen molar-refractivity contribution in [2.75, 3.05) is 20.7 Å². The summed E-state index contributed by atoms with van der Waals surface area (Å²) in [6.07, 6.45) is 8.20. The molecule has 0 spiro atoms. The van der Waals surface area contributed by atoms with Gasteiger partial charge in [-0.25, -0.2) is 0 Å². The summed E-state index contributed by atoms with van der Waals surface area (Å²) < 4.78 is 5.32. The summed E-state index contributed by atoms with van der Waals surface area (Å²) >= 11 is 0. The summed E-state index contributed by atoms with van der Waals surface area (Å²) in [5.41, 5.74) is 6.39. The Hall–Kier alpha value is -1.80. The maximum absolute atomic E-state index is 5.32. The maximum atomic E-state index is 5.32. The van der Waals surface area contributed by atoms with Crippen LogP contribution in [0.15, 0.2) is 42.5 Å². The Bertz CT molecular complexity index is 811. The molecule has 1 aliphatic heterocycles. The van der Waals surface area contributed by atoms with Gasteiger partial charge in [-0.2, -0.15) is 0 Å². The van der Waals surface area contributed by atoms with Crippen LogP contribution >= 0.6 is 0 Å². The van der Waals surface area contributed by atoms with Crippen LogP contribution in [0.4, 0.5) is 0 Å². The molecule has 1 unspecified atom stereocenters. The van der Waals surface area contributed by atoms with E-state index < -0.39 is 0 Å². The molecule has 2 nitrogen and oxygen atoms in total. The van der Waals surface area contributed by atoms with E-state index >= 15 is 0 Å². The molecule has 0 N–H and O–H groups in total. The molecule has 2 heteroatoms. The van der Waals surface area contributed by atoms with Crippen molar-refractivity contribution >= 4 is 0 Å². The van der Waals surface area contributed by atoms with E-state index in [1.54, 1.807) is 18.2 Å². The highest BCUT2D eigenvalue weighted by atomic mass is 16.5. The molecule has 2 aliphatic carbocycles. The van der Waals surface area contributed by atoms with Gasteiger partial charge in [0, 0.05) is 11.5 Å². The smallest absolute Gasteiger partial charge is 0.118 e. The third-order valence-corrected chi connectivity index (χ3v) is 7.54. The van der Waals surface area contributed by atoms with Gasteiger partial charge < -0.3 is 9.64 Å². The number of fused-ring (bicyclic) bond motifs is 1. The summed E-state index contributed by atoms with van der Waals surface area (Å²) in [4.78, 5) is 2.65. The SMILES string of the molecule is COc1ccc(-c2ccc3c(c2)C24CCCC[C@@H]2[C@H](C3)N(C)CC4)cc1. The fourth-order valence-electron chi connectivity index (χ4n) is 6.16. The quantitative estimate of drug-likeness (QED) is 0.754. The summed E-state index contributed by atoms with van der Waals surface area (Å²) in [6, 6.07) is 16.6. The minimum absolute atomic E-state index is 0.436. The normalized spacial score (nSPS) is 30.4. The highest BCUT2D eigenvalue weighted by Gasteiger charge is 2.52. The molecule has 26 heavy (non-hydrogen) atoms. The summed E-state index contributed by atoms with van der Waals surface area (Å²) in [5, 5.41) is 0. The molecule has 136 valence electrons. The van der Waals surface area contributed by atoms with Crippen molar-refractivity contribution in [2.24, 2.45) is 5.92 Å². The van der Waals surface area contributed by atoms with Crippen LogP contribution in [-0.4, -0.2) is 31.6 Å². The van der Waals surface area contributed by atoms with E-state index in [4.69, 9.17) is 4.74 Å². The second-order valence-corrected chi connectivity index (χ2v) is 8.61. The molecule has 0 amide bonds. The zero-order valence-corrected chi connectivity index (χ0v) is 16.0. The molecule has 0 radical (unpaired) electrons. The molecule has 2 fully saturated rings. The number of hydrogen-bond donors (Lipinski definition) is 0. The average Bonchev–Trinajstić information content (AvgIpc) is 2.70. The Morgan fingerprint density at radius 3 is 2.62 bits per heavy atom. The molecule has 1 heterocycles. The summed E-state index contributed by atoms with van der Waals surface area (Å²) in [6.45, 7) is 1.26. The van der Waals surface area contributed by atoms with Crippen molar-refractivity contribution in [3.05, 3.63) is 53.6 Å². The first kappa shape index (κ1) is 16.4. The second kappa shape index (κ2) is 6.13. The van der Waals surface area contributed by atoms with Crippen LogP contribution in [0.25, 0.3) is 11.1 Å². The third-order valence-electron chi connectivity index (χ3n) is 7.54. The van der Waals surface area contributed by atoms with Crippen molar-refractivity contribution in [1.82, 2.24) is 4.90 Å². The van der Waals surface area contributed by atoms with Crippen LogP contribution in [0, 0.1) is 5.92 Å². The number of likely N-dealkylation sites (tertiary alicyclic amines) is 1. The largest absolute Gasteiger partial charge is 0.497 e. The number of piperidine rings is 1. The highest BCUT2D eigenvalue weighted by Crippen LogP contribution is 2.55. The van der Waals surface area contributed by atoms with Gasteiger partial charge >= 0.3 is 0 Å². The topological polar surface area (TPSA) is 12.5 Å². The maximum Gasteiger partial charge on any atom is 0.118 e. The molecule has 1 saturated carbocycles. The van der Waals surface area contributed by atoms with E-state index in [1.165, 1.54) is 56.2 Å². The van der Waals surface area contributed by atoms with Gasteiger partial charge in [-0.3, -0.25) is 0 Å². The van der Waals surface area contributed by atoms with Crippen molar-refractivity contribution in [2.45, 2.75) is 50.0 Å². The van der Waals surface area contributed by atoms with Crippen LogP contribution in [0.3, 0.4) is 0 Å². The first-order valence-corrected chi connectivity index (χ1v) is 10.2. The van der Waals surface area contributed by atoms with Gasteiger partial charge in [0.15, 0.2) is 0 Å². The Kier molecular flexibility index (Phi) is 3.86. The van der Waals surface area contributed by atoms with Crippen LogP contribution in [-0.2, 0) is 11.8 Å². The van der Waals surface area contributed by atoms with E-state index in [9.17, 15) is 0 Å². The van der Waals surface area contributed by atoms with Crippen molar-refractivity contribution in [1.29, 1.82) is 0 Å². The number of methoxy groups -OCH3 is 1. The highest BCUT2D eigenvalue weighted by molar-refractivity contribution is 5.67. The molecule has 3 aliphatic rings. The van der Waals surface area contributed by atoms with E-state index in [0.717, 1.165) is 17.7 Å². The van der Waals surface area contributed by atoms with Crippen molar-refractivity contribution in [3.63, 3.8) is 0 Å². The number of rotatable bonds is 2. The third kappa shape index (κ3) is 2.35. The molecular formula is C24H29NO. The predicted octanol–water partition coefficient (Wildman–Crippen LogP) is 5.05. The number of hydrogen-bond acceptors (Lipinski definition) is 2. The summed E-state index contributed by atoms with van der Waals surface area (Å²) in [7, 11) is 4.08. The van der Waals surface area contributed by atoms with Gasteiger partial charge in [0.2, 0.25) is 0 Å². The lowest BCUT2D eigenvalue weighted by Gasteiger charge is -2.58. The van der Waals surface area contributed by atoms with Gasteiger partial charge in [0.25, 0.3) is 0 Å². The van der Waals surface area contributed by atoms with Crippen LogP contribution in [0.1, 0.15) is 43.2 Å². The van der Waals surface area contributed by atoms with Gasteiger partial charge in [0.1, 0.15) is 5.75 Å². The minimum Gasteiger partial charge on any atom is -0.497 e. The van der Waals surface area contributed by atoms with E-state index in [-0.39, 0.29) is 0 Å². The van der Waals surface area contributed by atoms with E-state index in [2.05, 4.69) is 54.4 Å². The van der Waals surface area contributed by atoms with Crippen molar-refractivity contribution < 1.29 is 4.74 Å². The zero-order chi connectivity index (χ0) is 17.7. The molecule has 0 aromatic heterocycles. The first-order chi connectivity index (χ1) is 12.7. The molecular weight excluding hydrogens is 318 g/mol. The lowest BCUT2D eigenvalue weighted by atomic mass is 9.52. The van der Waals surface area contributed by atoms with E-state index in [0.29, 0.717) is 5.41 Å². The standard InChI is InChI=1S/C24H29NO/c1-25-14-13-24-12-4-3-5-21(24)23(25)16-19-7-6-18(15-22(19)24)17-8-10-20(26-2)11-9-17/h6-11,15,21,23H,3-5,12-14,16H2,1-2H3/t21-,23+,24?/m1/s1. The van der Waals surface area contributed by atoms with E-state index in [1.807, 2.05) is 0 Å². The zero-order valence-electron chi connectivity index (χ0n) is 16.0. The Morgan fingerprint density at radius 2 is 1.81 bits per heavy atom. The second-order valence-electron chi connectivity index (χ2n) is 8.61. The Morgan fingerprint density at radius 1 is 1.00 bits per heavy atom. The van der Waals surface area contributed by atoms with Crippen molar-refractivity contribution in [3.8, 4) is 16.9 Å². The fourth-order valence-corrected chi connectivity index (χ4v) is 6.16. The van der Waals surface area contributed by atoms with Gasteiger partial charge in [-0.15, -0.1) is 0 Å². The number of likely N-dealkylation sites (N-methyl/N-ethyl adjacent to an activating group) is 1. The van der Waals surface area contributed by atoms with Crippen LogP contribution in [0.5, 0.6) is 5.75 Å². The lowest BCUT2D eigenvalue weighted by Crippen LogP contribution is -2.59. The van der Waals surface area contributed by atoms with Crippen LogP contribution in [0.2, 0.25) is 0 Å². The molecule has 2 bridgehead atoms. The number of nitrogens with zero attached hydrogens (tertiary/aromatic N) is 1. The van der Waals surface area contributed by atoms with Crippen LogP contribution < -0.4 is 4.74 Å². The first-order valence-electron chi connectivity index (χ1n) is 10.2. The summed E-state index contributed by atoms with van der Waals surface area (Å²) in [5.74, 6) is 1.78.